The van der Waals surface area contributed by atoms with E-state index in [9.17, 15) is 18.0 Å². The summed E-state index contributed by atoms with van der Waals surface area (Å²) in [5.41, 5.74) is -0.478. The minimum absolute atomic E-state index is 0.302. The molecule has 2 aromatic rings. The van der Waals surface area contributed by atoms with Crippen LogP contribution in [0.15, 0.2) is 36.4 Å². The number of ether oxygens (including phenoxy) is 1. The van der Waals surface area contributed by atoms with Crippen LogP contribution < -0.4 is 10.1 Å². The zero-order chi connectivity index (χ0) is 17.2. The van der Waals surface area contributed by atoms with Crippen LogP contribution in [0.2, 0.25) is 0 Å². The van der Waals surface area contributed by atoms with E-state index in [2.05, 4.69) is 5.32 Å². The lowest BCUT2D eigenvalue weighted by Crippen LogP contribution is -2.41. The molecule has 0 aliphatic rings. The predicted molar refractivity (Wildman–Crippen MR) is 79.8 cm³/mol. The molecule has 0 unspecified atom stereocenters. The highest BCUT2D eigenvalue weighted by Gasteiger charge is 2.27. The lowest BCUT2D eigenvalue weighted by Gasteiger charge is -2.28. The van der Waals surface area contributed by atoms with Crippen LogP contribution >= 0.6 is 0 Å². The molecule has 0 saturated heterocycles. The second kappa shape index (κ2) is 6.32. The Hall–Kier alpha value is -2.50. The summed E-state index contributed by atoms with van der Waals surface area (Å²) in [6, 6.07) is 8.39. The van der Waals surface area contributed by atoms with Gasteiger partial charge in [-0.2, -0.15) is 0 Å². The van der Waals surface area contributed by atoms with Crippen molar-refractivity contribution in [2.24, 2.45) is 0 Å². The van der Waals surface area contributed by atoms with E-state index in [0.717, 1.165) is 0 Å². The van der Waals surface area contributed by atoms with Gasteiger partial charge in [-0.3, -0.25) is 4.79 Å². The lowest BCUT2D eigenvalue weighted by atomic mass is 9.93. The number of methoxy groups -OCH3 is 1. The number of halogens is 3. The fraction of sp³-hybridized carbons (Fsp3) is 0.235. The highest BCUT2D eigenvalue weighted by atomic mass is 19.2. The first-order valence-electron chi connectivity index (χ1n) is 6.87. The molecular formula is C17H16F3NO2. The molecule has 2 aromatic carbocycles. The first-order valence-corrected chi connectivity index (χ1v) is 6.87. The Kier molecular flexibility index (Phi) is 4.63. The zero-order valence-electron chi connectivity index (χ0n) is 12.9. The van der Waals surface area contributed by atoms with E-state index in [1.54, 1.807) is 38.1 Å². The number of hydrogen-bond acceptors (Lipinski definition) is 2. The van der Waals surface area contributed by atoms with Crippen LogP contribution in [0.4, 0.5) is 13.2 Å². The standard InChI is InChI=1S/C17H16F3NO2/c1-17(2,11-6-4-5-7-14(11)23-3)21-16(22)10-8-12(18)15(20)13(19)9-10/h4-9H,1-3H3,(H,21,22). The minimum Gasteiger partial charge on any atom is -0.496 e. The molecule has 1 N–H and O–H groups in total. The molecule has 6 heteroatoms. The first-order chi connectivity index (χ1) is 10.8. The van der Waals surface area contributed by atoms with E-state index in [1.807, 2.05) is 0 Å². The van der Waals surface area contributed by atoms with Crippen LogP contribution in [-0.4, -0.2) is 13.0 Å². The molecule has 0 radical (unpaired) electrons. The summed E-state index contributed by atoms with van der Waals surface area (Å²) < 4.78 is 44.7. The molecule has 0 aromatic heterocycles. The number of amides is 1. The van der Waals surface area contributed by atoms with Crippen LogP contribution in [-0.2, 0) is 5.54 Å². The van der Waals surface area contributed by atoms with Gasteiger partial charge in [0.05, 0.1) is 12.6 Å². The Morgan fingerprint density at radius 1 is 1.09 bits per heavy atom. The van der Waals surface area contributed by atoms with Crippen LogP contribution in [0.25, 0.3) is 0 Å². The van der Waals surface area contributed by atoms with Gasteiger partial charge in [-0.15, -0.1) is 0 Å². The molecule has 0 aliphatic heterocycles. The van der Waals surface area contributed by atoms with E-state index >= 15 is 0 Å². The number of para-hydroxylation sites is 1. The van der Waals surface area contributed by atoms with E-state index in [4.69, 9.17) is 4.74 Å². The second-order valence-electron chi connectivity index (χ2n) is 5.53. The zero-order valence-corrected chi connectivity index (χ0v) is 12.9. The highest BCUT2D eigenvalue weighted by Crippen LogP contribution is 2.29. The van der Waals surface area contributed by atoms with Crippen LogP contribution in [0.1, 0.15) is 29.8 Å². The molecule has 3 nitrogen and oxygen atoms in total. The van der Waals surface area contributed by atoms with Crippen molar-refractivity contribution in [3.05, 3.63) is 65.0 Å². The molecular weight excluding hydrogens is 307 g/mol. The lowest BCUT2D eigenvalue weighted by molar-refractivity contribution is 0.0910. The summed E-state index contributed by atoms with van der Waals surface area (Å²) in [7, 11) is 1.50. The molecule has 23 heavy (non-hydrogen) atoms. The average molecular weight is 323 g/mol. The first kappa shape index (κ1) is 16.9. The van der Waals surface area contributed by atoms with Gasteiger partial charge in [0, 0.05) is 11.1 Å². The molecule has 0 atom stereocenters. The van der Waals surface area contributed by atoms with E-state index < -0.39 is 28.9 Å². The topological polar surface area (TPSA) is 38.3 Å². The van der Waals surface area contributed by atoms with Gasteiger partial charge >= 0.3 is 0 Å². The number of carbonyl (C=O) groups excluding carboxylic acids is 1. The van der Waals surface area contributed by atoms with Gasteiger partial charge in [-0.05, 0) is 32.0 Å². The Balaban J connectivity index is 2.32. The molecule has 0 fully saturated rings. The van der Waals surface area contributed by atoms with Gasteiger partial charge in [0.1, 0.15) is 5.75 Å². The summed E-state index contributed by atoms with van der Waals surface area (Å²) in [5.74, 6) is -4.59. The summed E-state index contributed by atoms with van der Waals surface area (Å²) in [6.45, 7) is 3.44. The molecule has 0 bridgehead atoms. The van der Waals surface area contributed by atoms with E-state index in [0.29, 0.717) is 23.4 Å². The van der Waals surface area contributed by atoms with Crippen molar-refractivity contribution >= 4 is 5.91 Å². The van der Waals surface area contributed by atoms with E-state index in [-0.39, 0.29) is 5.56 Å². The normalized spacial score (nSPS) is 11.2. The van der Waals surface area contributed by atoms with Crippen molar-refractivity contribution in [1.82, 2.24) is 5.32 Å². The Bertz CT molecular complexity index is 721. The minimum atomic E-state index is -1.61. The summed E-state index contributed by atoms with van der Waals surface area (Å²) in [5, 5.41) is 2.66. The molecule has 0 aliphatic carbocycles. The number of nitrogens with one attached hydrogen (secondary N) is 1. The average Bonchev–Trinajstić information content (AvgIpc) is 2.51. The van der Waals surface area contributed by atoms with E-state index in [1.165, 1.54) is 7.11 Å². The molecule has 122 valence electrons. The fourth-order valence-electron chi connectivity index (χ4n) is 2.27. The second-order valence-corrected chi connectivity index (χ2v) is 5.53. The molecule has 1 amide bonds. The third-order valence-corrected chi connectivity index (χ3v) is 3.45. The predicted octanol–water partition coefficient (Wildman–Crippen LogP) is 3.78. The van der Waals surface area contributed by atoms with Gasteiger partial charge < -0.3 is 10.1 Å². The quantitative estimate of drug-likeness (QED) is 0.870. The molecule has 0 saturated carbocycles. The Morgan fingerprint density at radius 3 is 2.22 bits per heavy atom. The van der Waals surface area contributed by atoms with Crippen molar-refractivity contribution in [1.29, 1.82) is 0 Å². The van der Waals surface area contributed by atoms with Crippen molar-refractivity contribution < 1.29 is 22.7 Å². The van der Waals surface area contributed by atoms with Crippen molar-refractivity contribution in [2.45, 2.75) is 19.4 Å². The van der Waals surface area contributed by atoms with Gasteiger partial charge in [-0.1, -0.05) is 18.2 Å². The molecule has 0 spiro atoms. The third-order valence-electron chi connectivity index (χ3n) is 3.45. The van der Waals surface area contributed by atoms with Gasteiger partial charge in [-0.25, -0.2) is 13.2 Å². The van der Waals surface area contributed by atoms with Gasteiger partial charge in [0.2, 0.25) is 0 Å². The Labute approximate surface area is 132 Å². The highest BCUT2D eigenvalue weighted by molar-refractivity contribution is 5.94. The van der Waals surface area contributed by atoms with Crippen LogP contribution in [0, 0.1) is 17.5 Å². The smallest absolute Gasteiger partial charge is 0.252 e. The van der Waals surface area contributed by atoms with Crippen molar-refractivity contribution in [3.63, 3.8) is 0 Å². The largest absolute Gasteiger partial charge is 0.496 e. The maximum Gasteiger partial charge on any atom is 0.252 e. The van der Waals surface area contributed by atoms with Crippen molar-refractivity contribution in [2.75, 3.05) is 7.11 Å². The third kappa shape index (κ3) is 3.47. The van der Waals surface area contributed by atoms with Gasteiger partial charge in [0.25, 0.3) is 5.91 Å². The van der Waals surface area contributed by atoms with Crippen molar-refractivity contribution in [3.8, 4) is 5.75 Å². The summed E-state index contributed by atoms with van der Waals surface area (Å²) >= 11 is 0. The van der Waals surface area contributed by atoms with Crippen LogP contribution in [0.3, 0.4) is 0 Å². The van der Waals surface area contributed by atoms with Crippen LogP contribution in [0.5, 0.6) is 5.75 Å². The maximum absolute atomic E-state index is 13.3. The monoisotopic (exact) mass is 323 g/mol. The number of hydrogen-bond donors (Lipinski definition) is 1. The number of benzene rings is 2. The fourth-order valence-corrected chi connectivity index (χ4v) is 2.27. The number of carbonyl (C=O) groups is 1. The summed E-state index contributed by atoms with van der Waals surface area (Å²) in [4.78, 5) is 12.2. The summed E-state index contributed by atoms with van der Waals surface area (Å²) in [6.07, 6.45) is 0. The SMILES string of the molecule is COc1ccccc1C(C)(C)NC(=O)c1cc(F)c(F)c(F)c1. The Morgan fingerprint density at radius 2 is 1.65 bits per heavy atom. The molecule has 2 rings (SSSR count). The molecule has 0 heterocycles. The van der Waals surface area contributed by atoms with Gasteiger partial charge in [0.15, 0.2) is 17.5 Å². The maximum atomic E-state index is 13.3. The number of rotatable bonds is 4.